The van der Waals surface area contributed by atoms with Crippen molar-refractivity contribution in [2.75, 3.05) is 13.1 Å². The first-order valence-corrected chi connectivity index (χ1v) is 12.4. The van der Waals surface area contributed by atoms with E-state index in [0.717, 1.165) is 17.7 Å². The van der Waals surface area contributed by atoms with E-state index in [9.17, 15) is 22.8 Å². The van der Waals surface area contributed by atoms with Crippen molar-refractivity contribution in [2.45, 2.75) is 50.7 Å². The highest BCUT2D eigenvalue weighted by Crippen LogP contribution is 2.33. The van der Waals surface area contributed by atoms with Gasteiger partial charge in [-0.05, 0) is 49.1 Å². The number of hydrogen-bond acceptors (Lipinski definition) is 5. The molecule has 2 heterocycles. The molecule has 37 heavy (non-hydrogen) atoms. The fraction of sp³-hybridized carbons (Fsp3) is 0.385. The maximum Gasteiger partial charge on any atom is 0.416 e. The van der Waals surface area contributed by atoms with E-state index in [1.807, 2.05) is 12.1 Å². The van der Waals surface area contributed by atoms with Gasteiger partial charge in [0.15, 0.2) is 0 Å². The Balaban J connectivity index is 1.20. The number of amides is 2. The molecule has 0 bridgehead atoms. The van der Waals surface area contributed by atoms with Crippen molar-refractivity contribution in [3.05, 3.63) is 70.6 Å². The van der Waals surface area contributed by atoms with Crippen LogP contribution in [0.25, 0.3) is 11.4 Å². The Labute approximate surface area is 217 Å². The van der Waals surface area contributed by atoms with E-state index in [4.69, 9.17) is 16.1 Å². The topological polar surface area (TPSA) is 88.3 Å². The summed E-state index contributed by atoms with van der Waals surface area (Å²) in [6, 6.07) is 12.0. The fourth-order valence-electron chi connectivity index (χ4n) is 4.18. The predicted molar refractivity (Wildman–Crippen MR) is 130 cm³/mol. The summed E-state index contributed by atoms with van der Waals surface area (Å²) in [5, 5.41) is 7.32. The number of carbonyl (C=O) groups excluding carboxylic acids is 2. The van der Waals surface area contributed by atoms with Crippen LogP contribution < -0.4 is 5.32 Å². The molecule has 0 radical (unpaired) electrons. The second-order valence-corrected chi connectivity index (χ2v) is 9.38. The number of nitrogens with one attached hydrogen (secondary N) is 1. The van der Waals surface area contributed by atoms with Gasteiger partial charge in [-0.25, -0.2) is 0 Å². The number of aromatic nitrogens is 2. The number of nitrogens with zero attached hydrogens (tertiary/aromatic N) is 3. The lowest BCUT2D eigenvalue weighted by Crippen LogP contribution is -2.38. The highest BCUT2D eigenvalue weighted by molar-refractivity contribution is 6.30. The lowest BCUT2D eigenvalue weighted by molar-refractivity contribution is -0.137. The number of likely N-dealkylation sites (tertiary alicyclic amines) is 1. The van der Waals surface area contributed by atoms with Crippen molar-refractivity contribution < 1.29 is 27.3 Å². The largest absolute Gasteiger partial charge is 0.416 e. The number of hydrogen-bond donors (Lipinski definition) is 1. The minimum absolute atomic E-state index is 0.0147. The van der Waals surface area contributed by atoms with Gasteiger partial charge in [0.1, 0.15) is 0 Å². The Bertz CT molecular complexity index is 1220. The van der Waals surface area contributed by atoms with Crippen LogP contribution >= 0.6 is 11.6 Å². The van der Waals surface area contributed by atoms with Crippen LogP contribution in [-0.2, 0) is 22.3 Å². The van der Waals surface area contributed by atoms with Crippen LogP contribution in [0.3, 0.4) is 0 Å². The number of rotatable bonds is 8. The molecule has 1 saturated heterocycles. The van der Waals surface area contributed by atoms with Gasteiger partial charge in [-0.1, -0.05) is 41.0 Å². The minimum Gasteiger partial charge on any atom is -0.352 e. The smallest absolute Gasteiger partial charge is 0.352 e. The zero-order valence-corrected chi connectivity index (χ0v) is 20.7. The first kappa shape index (κ1) is 26.7. The third-order valence-electron chi connectivity index (χ3n) is 6.28. The Kier molecular flexibility index (Phi) is 8.48. The lowest BCUT2D eigenvalue weighted by atomic mass is 9.96. The van der Waals surface area contributed by atoms with E-state index >= 15 is 0 Å². The number of alkyl halides is 3. The number of benzene rings is 2. The number of carbonyl (C=O) groups is 2. The van der Waals surface area contributed by atoms with Gasteiger partial charge < -0.3 is 14.7 Å². The van der Waals surface area contributed by atoms with Crippen molar-refractivity contribution in [2.24, 2.45) is 0 Å². The van der Waals surface area contributed by atoms with E-state index in [1.165, 1.54) is 12.1 Å². The van der Waals surface area contributed by atoms with E-state index in [1.54, 1.807) is 17.0 Å². The van der Waals surface area contributed by atoms with Crippen LogP contribution in [0.5, 0.6) is 0 Å². The molecule has 1 aliphatic heterocycles. The minimum atomic E-state index is -4.46. The first-order chi connectivity index (χ1) is 17.7. The Hall–Kier alpha value is -3.40. The molecule has 0 spiro atoms. The van der Waals surface area contributed by atoms with Crippen molar-refractivity contribution in [1.29, 1.82) is 0 Å². The molecular formula is C26H26ClF3N4O3. The molecule has 11 heteroatoms. The molecule has 1 aromatic heterocycles. The molecule has 196 valence electrons. The Morgan fingerprint density at radius 1 is 1.08 bits per heavy atom. The second kappa shape index (κ2) is 11.8. The number of piperidine rings is 1. The molecule has 0 unspecified atom stereocenters. The molecule has 0 atom stereocenters. The lowest BCUT2D eigenvalue weighted by Gasteiger charge is -2.30. The van der Waals surface area contributed by atoms with E-state index in [-0.39, 0.29) is 42.0 Å². The molecule has 2 amide bonds. The van der Waals surface area contributed by atoms with Crippen LogP contribution in [0.4, 0.5) is 13.2 Å². The van der Waals surface area contributed by atoms with Crippen molar-refractivity contribution in [1.82, 2.24) is 20.4 Å². The summed E-state index contributed by atoms with van der Waals surface area (Å²) in [5.74, 6) is 0.258. The molecule has 0 saturated carbocycles. The second-order valence-electron chi connectivity index (χ2n) is 8.95. The van der Waals surface area contributed by atoms with Gasteiger partial charge in [0.25, 0.3) is 0 Å². The zero-order valence-electron chi connectivity index (χ0n) is 19.9. The maximum atomic E-state index is 13.0. The van der Waals surface area contributed by atoms with Gasteiger partial charge in [-0.3, -0.25) is 9.59 Å². The fourth-order valence-corrected chi connectivity index (χ4v) is 4.30. The molecule has 0 aliphatic carbocycles. The van der Waals surface area contributed by atoms with Gasteiger partial charge >= 0.3 is 6.18 Å². The average Bonchev–Trinajstić information content (AvgIpc) is 3.38. The molecule has 4 rings (SSSR count). The molecule has 2 aromatic carbocycles. The normalized spacial score (nSPS) is 14.5. The molecule has 1 N–H and O–H groups in total. The Morgan fingerprint density at radius 2 is 1.81 bits per heavy atom. The van der Waals surface area contributed by atoms with Gasteiger partial charge in [0.05, 0.1) is 5.56 Å². The van der Waals surface area contributed by atoms with Crippen molar-refractivity contribution in [3.8, 4) is 11.4 Å². The third-order valence-corrected chi connectivity index (χ3v) is 6.54. The highest BCUT2D eigenvalue weighted by atomic mass is 35.5. The molecule has 7 nitrogen and oxygen atoms in total. The van der Waals surface area contributed by atoms with E-state index < -0.39 is 11.7 Å². The SMILES string of the molecule is O=C(CCCC(=O)N1CCC(c2nc(-c3cccc(C(F)(F)F)c3)no2)CC1)NCc1ccc(Cl)cc1. The maximum absolute atomic E-state index is 13.0. The van der Waals surface area contributed by atoms with Gasteiger partial charge in [0.2, 0.25) is 23.5 Å². The van der Waals surface area contributed by atoms with Gasteiger partial charge in [0, 0.05) is 49.0 Å². The monoisotopic (exact) mass is 534 g/mol. The predicted octanol–water partition coefficient (Wildman–Crippen LogP) is 5.60. The van der Waals surface area contributed by atoms with Crippen LogP contribution in [0.1, 0.15) is 55.0 Å². The first-order valence-electron chi connectivity index (χ1n) is 12.0. The molecule has 1 fully saturated rings. The van der Waals surface area contributed by atoms with Crippen LogP contribution in [0.2, 0.25) is 5.02 Å². The van der Waals surface area contributed by atoms with Crippen LogP contribution in [-0.4, -0.2) is 39.9 Å². The highest BCUT2D eigenvalue weighted by Gasteiger charge is 2.31. The van der Waals surface area contributed by atoms with Gasteiger partial charge in [-0.2, -0.15) is 18.2 Å². The Morgan fingerprint density at radius 3 is 2.51 bits per heavy atom. The zero-order chi connectivity index (χ0) is 26.4. The standard InChI is InChI=1S/C26H26ClF3N4O3/c27-21-9-7-17(8-10-21)16-31-22(35)5-2-6-23(36)34-13-11-18(12-14-34)25-32-24(33-37-25)19-3-1-4-20(15-19)26(28,29)30/h1,3-4,7-10,15,18H,2,5-6,11-14,16H2,(H,31,35). The van der Waals surface area contributed by atoms with Crippen LogP contribution in [0, 0.1) is 0 Å². The van der Waals surface area contributed by atoms with Crippen molar-refractivity contribution in [3.63, 3.8) is 0 Å². The summed E-state index contributed by atoms with van der Waals surface area (Å²) < 4.78 is 44.3. The summed E-state index contributed by atoms with van der Waals surface area (Å²) in [6.07, 6.45) is -2.25. The van der Waals surface area contributed by atoms with Crippen molar-refractivity contribution >= 4 is 23.4 Å². The van der Waals surface area contributed by atoms with Crippen LogP contribution in [0.15, 0.2) is 53.1 Å². The average molecular weight is 535 g/mol. The van der Waals surface area contributed by atoms with E-state index in [2.05, 4.69) is 15.5 Å². The third kappa shape index (κ3) is 7.31. The summed E-state index contributed by atoms with van der Waals surface area (Å²) in [6.45, 7) is 1.42. The summed E-state index contributed by atoms with van der Waals surface area (Å²) in [4.78, 5) is 30.7. The molecule has 1 aliphatic rings. The number of halogens is 4. The quantitative estimate of drug-likeness (QED) is 0.406. The van der Waals surface area contributed by atoms with E-state index in [0.29, 0.717) is 49.8 Å². The summed E-state index contributed by atoms with van der Waals surface area (Å²) in [5.41, 5.74) is 0.400. The molecular weight excluding hydrogens is 509 g/mol. The summed E-state index contributed by atoms with van der Waals surface area (Å²) >= 11 is 5.85. The van der Waals surface area contributed by atoms with Gasteiger partial charge in [-0.15, -0.1) is 0 Å². The summed E-state index contributed by atoms with van der Waals surface area (Å²) in [7, 11) is 0. The molecule has 3 aromatic rings.